The van der Waals surface area contributed by atoms with Crippen molar-refractivity contribution in [3.8, 4) is 28.2 Å². The Morgan fingerprint density at radius 3 is 2.11 bits per heavy atom. The van der Waals surface area contributed by atoms with Gasteiger partial charge in [0.15, 0.2) is 5.65 Å². The molecule has 0 spiro atoms. The second kappa shape index (κ2) is 9.33. The van der Waals surface area contributed by atoms with Gasteiger partial charge in [-0.05, 0) is 25.1 Å². The Bertz CT molecular complexity index is 1830. The van der Waals surface area contributed by atoms with Gasteiger partial charge in [-0.15, -0.1) is 0 Å². The number of benzene rings is 3. The summed E-state index contributed by atoms with van der Waals surface area (Å²) in [6.45, 7) is 1.80. The van der Waals surface area contributed by atoms with Crippen molar-refractivity contribution in [2.75, 3.05) is 5.32 Å². The molecule has 1 amide bonds. The van der Waals surface area contributed by atoms with Crippen LogP contribution in [0.25, 0.3) is 33.8 Å². The molecule has 38 heavy (non-hydrogen) atoms. The molecular formula is C30H24N6O2. The number of rotatable bonds is 5. The Kier molecular flexibility index (Phi) is 5.69. The SMILES string of the molecule is Cc1c(NC(=O)c2cnn3c(-c4ccccc4)cc(-c4ccccc4)nc23)c(=O)n(-c2ccccc2)n1C. The summed E-state index contributed by atoms with van der Waals surface area (Å²) in [5, 5.41) is 7.35. The third-order valence-electron chi connectivity index (χ3n) is 6.65. The Labute approximate surface area is 218 Å². The van der Waals surface area contributed by atoms with E-state index in [1.54, 1.807) is 23.2 Å². The number of amides is 1. The summed E-state index contributed by atoms with van der Waals surface area (Å²) in [5.74, 6) is -0.456. The topological polar surface area (TPSA) is 86.2 Å². The summed E-state index contributed by atoms with van der Waals surface area (Å²) >= 11 is 0. The van der Waals surface area contributed by atoms with Crippen molar-refractivity contribution in [1.82, 2.24) is 24.0 Å². The maximum absolute atomic E-state index is 13.6. The van der Waals surface area contributed by atoms with E-state index in [1.165, 1.54) is 10.9 Å². The van der Waals surface area contributed by atoms with E-state index >= 15 is 0 Å². The van der Waals surface area contributed by atoms with E-state index in [0.717, 1.165) is 16.8 Å². The highest BCUT2D eigenvalue weighted by Crippen LogP contribution is 2.27. The molecule has 8 heteroatoms. The first kappa shape index (κ1) is 23.2. The molecular weight excluding hydrogens is 476 g/mol. The van der Waals surface area contributed by atoms with Gasteiger partial charge in [0.25, 0.3) is 11.5 Å². The molecule has 0 aliphatic rings. The molecule has 6 rings (SSSR count). The van der Waals surface area contributed by atoms with Gasteiger partial charge < -0.3 is 5.32 Å². The molecule has 3 aromatic carbocycles. The minimum Gasteiger partial charge on any atom is -0.316 e. The number of fused-ring (bicyclic) bond motifs is 1. The van der Waals surface area contributed by atoms with Crippen LogP contribution in [0.1, 0.15) is 16.1 Å². The molecule has 0 aliphatic heterocycles. The maximum Gasteiger partial charge on any atom is 0.295 e. The van der Waals surface area contributed by atoms with Gasteiger partial charge in [0.2, 0.25) is 0 Å². The van der Waals surface area contributed by atoms with Crippen LogP contribution in [-0.2, 0) is 7.05 Å². The van der Waals surface area contributed by atoms with Crippen LogP contribution < -0.4 is 10.9 Å². The molecule has 0 unspecified atom stereocenters. The number of nitrogens with zero attached hydrogens (tertiary/aromatic N) is 5. The van der Waals surface area contributed by atoms with Crippen LogP contribution in [-0.4, -0.2) is 29.9 Å². The smallest absolute Gasteiger partial charge is 0.295 e. The second-order valence-electron chi connectivity index (χ2n) is 8.94. The van der Waals surface area contributed by atoms with Crippen LogP contribution in [0.5, 0.6) is 0 Å². The van der Waals surface area contributed by atoms with Gasteiger partial charge in [0.1, 0.15) is 11.3 Å². The first-order valence-electron chi connectivity index (χ1n) is 12.2. The van der Waals surface area contributed by atoms with E-state index in [0.29, 0.717) is 22.7 Å². The highest BCUT2D eigenvalue weighted by atomic mass is 16.2. The number of carbonyl (C=O) groups is 1. The van der Waals surface area contributed by atoms with Crippen molar-refractivity contribution in [2.45, 2.75) is 6.92 Å². The van der Waals surface area contributed by atoms with Crippen LogP contribution in [0.15, 0.2) is 108 Å². The minimum atomic E-state index is -0.456. The molecule has 186 valence electrons. The summed E-state index contributed by atoms with van der Waals surface area (Å²) in [6.07, 6.45) is 1.49. The third-order valence-corrected chi connectivity index (χ3v) is 6.65. The third kappa shape index (κ3) is 3.88. The minimum absolute atomic E-state index is 0.211. The highest BCUT2D eigenvalue weighted by molar-refractivity contribution is 6.08. The lowest BCUT2D eigenvalue weighted by Gasteiger charge is -2.09. The van der Waals surface area contributed by atoms with E-state index in [4.69, 9.17) is 4.98 Å². The number of hydrogen-bond acceptors (Lipinski definition) is 4. The van der Waals surface area contributed by atoms with Crippen LogP contribution in [0, 0.1) is 6.92 Å². The largest absolute Gasteiger partial charge is 0.316 e. The van der Waals surface area contributed by atoms with Gasteiger partial charge in [0, 0.05) is 18.2 Å². The second-order valence-corrected chi connectivity index (χ2v) is 8.94. The molecule has 3 heterocycles. The number of hydrogen-bond donors (Lipinski definition) is 1. The normalized spacial score (nSPS) is 11.1. The van der Waals surface area contributed by atoms with Gasteiger partial charge >= 0.3 is 0 Å². The van der Waals surface area contributed by atoms with Crippen molar-refractivity contribution >= 4 is 17.2 Å². The lowest BCUT2D eigenvalue weighted by molar-refractivity contribution is 0.102. The van der Waals surface area contributed by atoms with Gasteiger partial charge in [-0.2, -0.15) is 5.10 Å². The quantitative estimate of drug-likeness (QED) is 0.356. The van der Waals surface area contributed by atoms with Crippen molar-refractivity contribution in [3.63, 3.8) is 0 Å². The van der Waals surface area contributed by atoms with Crippen molar-refractivity contribution in [1.29, 1.82) is 0 Å². The summed E-state index contributed by atoms with van der Waals surface area (Å²) in [6, 6.07) is 30.9. The Morgan fingerprint density at radius 1 is 0.842 bits per heavy atom. The van der Waals surface area contributed by atoms with Gasteiger partial charge in [-0.1, -0.05) is 78.9 Å². The highest BCUT2D eigenvalue weighted by Gasteiger charge is 2.23. The van der Waals surface area contributed by atoms with Crippen LogP contribution in [0.2, 0.25) is 0 Å². The first-order valence-corrected chi connectivity index (χ1v) is 12.2. The lowest BCUT2D eigenvalue weighted by atomic mass is 10.1. The number of nitrogens with one attached hydrogen (secondary N) is 1. The zero-order valence-corrected chi connectivity index (χ0v) is 20.9. The van der Waals surface area contributed by atoms with E-state index in [1.807, 2.05) is 97.1 Å². The predicted octanol–water partition coefficient (Wildman–Crippen LogP) is 5.11. The van der Waals surface area contributed by atoms with E-state index < -0.39 is 5.91 Å². The molecule has 0 atom stereocenters. The summed E-state index contributed by atoms with van der Waals surface area (Å²) in [4.78, 5) is 31.8. The van der Waals surface area contributed by atoms with E-state index in [2.05, 4.69) is 10.4 Å². The van der Waals surface area contributed by atoms with Crippen molar-refractivity contribution in [3.05, 3.63) is 125 Å². The van der Waals surface area contributed by atoms with E-state index in [9.17, 15) is 9.59 Å². The molecule has 8 nitrogen and oxygen atoms in total. The molecule has 0 fully saturated rings. The molecule has 0 saturated heterocycles. The Morgan fingerprint density at radius 2 is 1.45 bits per heavy atom. The van der Waals surface area contributed by atoms with Crippen LogP contribution in [0.4, 0.5) is 5.69 Å². The molecule has 0 bridgehead atoms. The molecule has 0 aliphatic carbocycles. The Balaban J connectivity index is 1.47. The predicted molar refractivity (Wildman–Crippen MR) is 148 cm³/mol. The number of carbonyl (C=O) groups excluding carboxylic acids is 1. The molecule has 0 saturated carbocycles. The van der Waals surface area contributed by atoms with Gasteiger partial charge in [0.05, 0.1) is 29.0 Å². The number of aromatic nitrogens is 5. The summed E-state index contributed by atoms with van der Waals surface area (Å²) in [7, 11) is 1.79. The molecule has 6 aromatic rings. The van der Waals surface area contributed by atoms with Crippen LogP contribution in [0.3, 0.4) is 0 Å². The van der Waals surface area contributed by atoms with Gasteiger partial charge in [-0.25, -0.2) is 14.2 Å². The zero-order chi connectivity index (χ0) is 26.2. The average Bonchev–Trinajstić information content (AvgIpc) is 3.48. The first-order chi connectivity index (χ1) is 18.5. The number of anilines is 1. The fourth-order valence-corrected chi connectivity index (χ4v) is 4.59. The van der Waals surface area contributed by atoms with E-state index in [-0.39, 0.29) is 16.8 Å². The standard InChI is InChI=1S/C30H24N6O2/c1-20-27(30(38)36(34(20)2)23-16-10-5-11-17-23)33-29(37)24-19-31-35-26(22-14-8-4-9-15-22)18-25(32-28(24)35)21-12-6-3-7-13-21/h3-19H,1-2H3,(H,33,37). The molecule has 1 N–H and O–H groups in total. The monoisotopic (exact) mass is 500 g/mol. The lowest BCUT2D eigenvalue weighted by Crippen LogP contribution is -2.23. The van der Waals surface area contributed by atoms with Crippen LogP contribution >= 0.6 is 0 Å². The molecule has 3 aromatic heterocycles. The summed E-state index contributed by atoms with van der Waals surface area (Å²) in [5.41, 5.74) is 5.29. The number of para-hydroxylation sites is 1. The van der Waals surface area contributed by atoms with Crippen molar-refractivity contribution < 1.29 is 4.79 Å². The average molecular weight is 501 g/mol. The van der Waals surface area contributed by atoms with Gasteiger partial charge in [-0.3, -0.25) is 14.3 Å². The van der Waals surface area contributed by atoms with Crippen molar-refractivity contribution in [2.24, 2.45) is 7.05 Å². The fraction of sp³-hybridized carbons (Fsp3) is 0.0667. The Hall–Kier alpha value is -5.24. The fourth-order valence-electron chi connectivity index (χ4n) is 4.59. The maximum atomic E-state index is 13.6. The summed E-state index contributed by atoms with van der Waals surface area (Å²) < 4.78 is 4.92. The zero-order valence-electron chi connectivity index (χ0n) is 20.9. The molecule has 0 radical (unpaired) electrons.